The lowest BCUT2D eigenvalue weighted by atomic mass is 9.93. The first-order valence-corrected chi connectivity index (χ1v) is 9.54. The number of nitrogens with zero attached hydrogens (tertiary/aromatic N) is 4. The maximum Gasteiger partial charge on any atom is 0.231 e. The molecule has 0 bridgehead atoms. The minimum Gasteiger partial charge on any atom is -0.349 e. The fraction of sp³-hybridized carbons (Fsp3) is 0.304. The minimum atomic E-state index is 0. The highest BCUT2D eigenvalue weighted by Gasteiger charge is 2.27. The molecule has 2 heterocycles. The normalized spacial score (nSPS) is 15.6. The molecular weight excluding hydrogens is 368 g/mol. The van der Waals surface area contributed by atoms with Crippen molar-refractivity contribution in [1.29, 1.82) is 0 Å². The first-order valence-electron chi connectivity index (χ1n) is 9.54. The molecule has 1 unspecified atom stereocenters. The maximum absolute atomic E-state index is 5.00. The highest BCUT2D eigenvalue weighted by molar-refractivity contribution is 5.85. The summed E-state index contributed by atoms with van der Waals surface area (Å²) in [6.07, 6.45) is 1.05. The average Bonchev–Trinajstić information content (AvgIpc) is 2.71. The van der Waals surface area contributed by atoms with Crippen LogP contribution in [-0.2, 0) is 6.42 Å². The van der Waals surface area contributed by atoms with Crippen molar-refractivity contribution in [2.75, 3.05) is 23.4 Å². The zero-order valence-electron chi connectivity index (χ0n) is 16.9. The Kier molecular flexibility index (Phi) is 5.90. The SMILES string of the molecule is Cc1nc(N(C)c2ccccc2)nc(N2CCc3ccccc3C2C)c1C.Cl. The standard InChI is InChI=1S/C23H26N4.ClH/c1-16-17(2)24-23(26(4)20-11-6-5-7-12-20)25-22(16)27-15-14-19-10-8-9-13-21(19)18(27)3;/h5-13,18H,14-15H2,1-4H3;1H. The van der Waals surface area contributed by atoms with Gasteiger partial charge in [0.15, 0.2) is 0 Å². The van der Waals surface area contributed by atoms with Crippen LogP contribution in [0, 0.1) is 13.8 Å². The molecule has 3 aromatic rings. The molecule has 0 amide bonds. The first-order chi connectivity index (χ1) is 13.1. The van der Waals surface area contributed by atoms with Crippen LogP contribution in [-0.4, -0.2) is 23.6 Å². The first kappa shape index (κ1) is 20.2. The van der Waals surface area contributed by atoms with Gasteiger partial charge in [0.05, 0.1) is 6.04 Å². The Labute approximate surface area is 173 Å². The molecule has 0 radical (unpaired) electrons. The minimum absolute atomic E-state index is 0. The second kappa shape index (κ2) is 8.19. The number of hydrogen-bond donors (Lipinski definition) is 0. The quantitative estimate of drug-likeness (QED) is 0.594. The van der Waals surface area contributed by atoms with E-state index in [1.807, 2.05) is 25.2 Å². The summed E-state index contributed by atoms with van der Waals surface area (Å²) < 4.78 is 0. The van der Waals surface area contributed by atoms with Gasteiger partial charge in [-0.2, -0.15) is 4.98 Å². The van der Waals surface area contributed by atoms with Gasteiger partial charge < -0.3 is 9.80 Å². The number of anilines is 3. The molecule has 5 heteroatoms. The van der Waals surface area contributed by atoms with Crippen molar-refractivity contribution >= 4 is 29.9 Å². The molecule has 0 fully saturated rings. The molecule has 4 rings (SSSR count). The predicted molar refractivity (Wildman–Crippen MR) is 119 cm³/mol. The van der Waals surface area contributed by atoms with Gasteiger partial charge in [-0.25, -0.2) is 4.98 Å². The van der Waals surface area contributed by atoms with Crippen molar-refractivity contribution in [3.63, 3.8) is 0 Å². The Morgan fingerprint density at radius 3 is 2.39 bits per heavy atom. The molecule has 4 nitrogen and oxygen atoms in total. The summed E-state index contributed by atoms with van der Waals surface area (Å²) in [5.74, 6) is 1.78. The predicted octanol–water partition coefficient (Wildman–Crippen LogP) is 5.41. The molecule has 0 N–H and O–H groups in total. The molecule has 0 saturated heterocycles. The van der Waals surface area contributed by atoms with Crippen molar-refractivity contribution in [1.82, 2.24) is 9.97 Å². The molecule has 0 saturated carbocycles. The number of aryl methyl sites for hydroxylation is 1. The van der Waals surface area contributed by atoms with Gasteiger partial charge >= 0.3 is 0 Å². The largest absolute Gasteiger partial charge is 0.349 e. The van der Waals surface area contributed by atoms with Crippen molar-refractivity contribution in [2.24, 2.45) is 0 Å². The number of para-hydroxylation sites is 1. The Bertz CT molecular complexity index is 958. The number of hydrogen-bond acceptors (Lipinski definition) is 4. The number of benzene rings is 2. The van der Waals surface area contributed by atoms with E-state index in [1.54, 1.807) is 0 Å². The zero-order valence-corrected chi connectivity index (χ0v) is 17.7. The average molecular weight is 395 g/mol. The lowest BCUT2D eigenvalue weighted by Crippen LogP contribution is -2.35. The molecule has 28 heavy (non-hydrogen) atoms. The fourth-order valence-corrected chi connectivity index (χ4v) is 3.86. The topological polar surface area (TPSA) is 32.3 Å². The molecular formula is C23H27ClN4. The lowest BCUT2D eigenvalue weighted by Gasteiger charge is -2.37. The monoisotopic (exact) mass is 394 g/mol. The van der Waals surface area contributed by atoms with Crippen molar-refractivity contribution in [3.8, 4) is 0 Å². The third-order valence-electron chi connectivity index (χ3n) is 5.66. The summed E-state index contributed by atoms with van der Waals surface area (Å²) >= 11 is 0. The third kappa shape index (κ3) is 3.57. The van der Waals surface area contributed by atoms with E-state index in [2.05, 4.69) is 67.0 Å². The van der Waals surface area contributed by atoms with E-state index in [4.69, 9.17) is 9.97 Å². The molecule has 1 aliphatic heterocycles. The summed E-state index contributed by atoms with van der Waals surface area (Å²) in [6.45, 7) is 7.45. The van der Waals surface area contributed by atoms with E-state index in [0.29, 0.717) is 6.04 Å². The van der Waals surface area contributed by atoms with Gasteiger partial charge in [-0.1, -0.05) is 42.5 Å². The highest BCUT2D eigenvalue weighted by atomic mass is 35.5. The number of aromatic nitrogens is 2. The van der Waals surface area contributed by atoms with Crippen molar-refractivity contribution < 1.29 is 0 Å². The van der Waals surface area contributed by atoms with Crippen LogP contribution in [0.5, 0.6) is 0 Å². The number of fused-ring (bicyclic) bond motifs is 1. The molecule has 1 aromatic heterocycles. The Hall–Kier alpha value is -2.59. The number of rotatable bonds is 3. The Morgan fingerprint density at radius 1 is 0.964 bits per heavy atom. The van der Waals surface area contributed by atoms with Crippen LogP contribution >= 0.6 is 12.4 Å². The van der Waals surface area contributed by atoms with E-state index in [1.165, 1.54) is 11.1 Å². The van der Waals surface area contributed by atoms with Crippen LogP contribution in [0.25, 0.3) is 0 Å². The molecule has 0 spiro atoms. The van der Waals surface area contributed by atoms with E-state index >= 15 is 0 Å². The maximum atomic E-state index is 5.00. The Balaban J connectivity index is 0.00000225. The van der Waals surface area contributed by atoms with Gasteiger partial charge in [0.2, 0.25) is 5.95 Å². The van der Waals surface area contributed by atoms with Crippen molar-refractivity contribution in [2.45, 2.75) is 33.2 Å². The molecule has 1 aliphatic rings. The lowest BCUT2D eigenvalue weighted by molar-refractivity contribution is 0.614. The summed E-state index contributed by atoms with van der Waals surface area (Å²) in [5, 5.41) is 0. The van der Waals surface area contributed by atoms with Crippen LogP contribution in [0.1, 0.15) is 35.3 Å². The van der Waals surface area contributed by atoms with Crippen LogP contribution in [0.4, 0.5) is 17.5 Å². The number of halogens is 1. The third-order valence-corrected chi connectivity index (χ3v) is 5.66. The summed E-state index contributed by atoms with van der Waals surface area (Å²) in [5.41, 5.74) is 6.13. The van der Waals surface area contributed by atoms with Crippen LogP contribution in [0.3, 0.4) is 0 Å². The zero-order chi connectivity index (χ0) is 19.0. The van der Waals surface area contributed by atoms with Gasteiger partial charge in [-0.05, 0) is 50.5 Å². The van der Waals surface area contributed by atoms with Gasteiger partial charge in [-0.15, -0.1) is 12.4 Å². The summed E-state index contributed by atoms with van der Waals surface area (Å²) in [6, 6.07) is 19.3. The van der Waals surface area contributed by atoms with Crippen LogP contribution in [0.2, 0.25) is 0 Å². The molecule has 0 aliphatic carbocycles. The summed E-state index contributed by atoms with van der Waals surface area (Å²) in [4.78, 5) is 14.2. The fourth-order valence-electron chi connectivity index (χ4n) is 3.86. The van der Waals surface area contributed by atoms with E-state index in [0.717, 1.165) is 41.7 Å². The molecule has 1 atom stereocenters. The second-order valence-corrected chi connectivity index (χ2v) is 7.27. The van der Waals surface area contributed by atoms with Crippen LogP contribution in [0.15, 0.2) is 54.6 Å². The van der Waals surface area contributed by atoms with Crippen molar-refractivity contribution in [3.05, 3.63) is 77.0 Å². The van der Waals surface area contributed by atoms with Gasteiger partial charge in [0.25, 0.3) is 0 Å². The van der Waals surface area contributed by atoms with E-state index in [-0.39, 0.29) is 12.4 Å². The second-order valence-electron chi connectivity index (χ2n) is 7.27. The highest BCUT2D eigenvalue weighted by Crippen LogP contribution is 2.35. The molecule has 2 aromatic carbocycles. The van der Waals surface area contributed by atoms with Gasteiger partial charge in [0, 0.05) is 30.5 Å². The van der Waals surface area contributed by atoms with Gasteiger partial charge in [-0.3, -0.25) is 0 Å². The van der Waals surface area contributed by atoms with E-state index < -0.39 is 0 Å². The molecule has 146 valence electrons. The van der Waals surface area contributed by atoms with Gasteiger partial charge in [0.1, 0.15) is 5.82 Å². The van der Waals surface area contributed by atoms with E-state index in [9.17, 15) is 0 Å². The smallest absolute Gasteiger partial charge is 0.231 e. The Morgan fingerprint density at radius 2 is 1.64 bits per heavy atom. The summed E-state index contributed by atoms with van der Waals surface area (Å²) in [7, 11) is 2.03. The van der Waals surface area contributed by atoms with Crippen LogP contribution < -0.4 is 9.80 Å².